The predicted molar refractivity (Wildman–Crippen MR) is 54.9 cm³/mol. The summed E-state index contributed by atoms with van der Waals surface area (Å²) >= 11 is 0. The Kier molecular flexibility index (Phi) is 1.91. The van der Waals surface area contributed by atoms with Crippen LogP contribution in [0.25, 0.3) is 11.4 Å². The molecule has 0 bridgehead atoms. The van der Waals surface area contributed by atoms with Gasteiger partial charge < -0.3 is 0 Å². The summed E-state index contributed by atoms with van der Waals surface area (Å²) in [6.07, 6.45) is 0. The topological polar surface area (TPSA) is 35.6 Å². The minimum absolute atomic E-state index is 0.939. The SMILES string of the molecule is Cc1cc(-c2cc(C)n(C)n2)nn1C. The van der Waals surface area contributed by atoms with Crippen molar-refractivity contribution in [1.29, 1.82) is 0 Å². The van der Waals surface area contributed by atoms with Gasteiger partial charge in [-0.15, -0.1) is 0 Å². The Morgan fingerprint density at radius 3 is 1.43 bits per heavy atom. The van der Waals surface area contributed by atoms with Gasteiger partial charge in [-0.2, -0.15) is 10.2 Å². The van der Waals surface area contributed by atoms with Crippen molar-refractivity contribution in [3.05, 3.63) is 23.5 Å². The van der Waals surface area contributed by atoms with Crippen LogP contribution in [0.1, 0.15) is 11.4 Å². The summed E-state index contributed by atoms with van der Waals surface area (Å²) in [6, 6.07) is 4.09. The van der Waals surface area contributed by atoms with Gasteiger partial charge in [-0.25, -0.2) is 0 Å². The second-order valence-corrected chi connectivity index (χ2v) is 3.59. The lowest BCUT2D eigenvalue weighted by molar-refractivity contribution is 0.730. The number of nitrogens with zero attached hydrogens (tertiary/aromatic N) is 4. The van der Waals surface area contributed by atoms with Crippen molar-refractivity contribution in [2.45, 2.75) is 13.8 Å². The third-order valence-electron chi connectivity index (χ3n) is 2.49. The Morgan fingerprint density at radius 1 is 0.857 bits per heavy atom. The zero-order chi connectivity index (χ0) is 10.3. The monoisotopic (exact) mass is 190 g/mol. The van der Waals surface area contributed by atoms with E-state index in [0.29, 0.717) is 0 Å². The second-order valence-electron chi connectivity index (χ2n) is 3.59. The smallest absolute Gasteiger partial charge is 0.113 e. The van der Waals surface area contributed by atoms with Gasteiger partial charge in [0.1, 0.15) is 11.4 Å². The van der Waals surface area contributed by atoms with Crippen LogP contribution in [-0.2, 0) is 14.1 Å². The van der Waals surface area contributed by atoms with Gasteiger partial charge in [-0.05, 0) is 26.0 Å². The van der Waals surface area contributed by atoms with Gasteiger partial charge in [-0.3, -0.25) is 9.36 Å². The highest BCUT2D eigenvalue weighted by Gasteiger charge is 2.08. The van der Waals surface area contributed by atoms with Crippen LogP contribution in [0.2, 0.25) is 0 Å². The van der Waals surface area contributed by atoms with Crippen LogP contribution in [0, 0.1) is 13.8 Å². The summed E-state index contributed by atoms with van der Waals surface area (Å²) in [6.45, 7) is 4.07. The molecule has 0 unspecified atom stereocenters. The van der Waals surface area contributed by atoms with Crippen LogP contribution in [0.5, 0.6) is 0 Å². The molecule has 4 nitrogen and oxygen atoms in total. The van der Waals surface area contributed by atoms with Crippen molar-refractivity contribution >= 4 is 0 Å². The predicted octanol–water partition coefficient (Wildman–Crippen LogP) is 1.44. The van der Waals surface area contributed by atoms with Crippen LogP contribution < -0.4 is 0 Å². The molecule has 0 atom stereocenters. The van der Waals surface area contributed by atoms with Crippen molar-refractivity contribution in [1.82, 2.24) is 19.6 Å². The van der Waals surface area contributed by atoms with Gasteiger partial charge >= 0.3 is 0 Å². The molecule has 0 saturated carbocycles. The van der Waals surface area contributed by atoms with Crippen molar-refractivity contribution in [3.8, 4) is 11.4 Å². The van der Waals surface area contributed by atoms with Gasteiger partial charge in [0.05, 0.1) is 0 Å². The highest BCUT2D eigenvalue weighted by atomic mass is 15.3. The van der Waals surface area contributed by atoms with Crippen molar-refractivity contribution in [2.75, 3.05) is 0 Å². The molecule has 2 aromatic rings. The third kappa shape index (κ3) is 1.32. The maximum absolute atomic E-state index is 4.38. The number of aryl methyl sites for hydroxylation is 4. The largest absolute Gasteiger partial charge is 0.272 e. The number of hydrogen-bond acceptors (Lipinski definition) is 2. The lowest BCUT2D eigenvalue weighted by Gasteiger charge is -1.90. The van der Waals surface area contributed by atoms with E-state index in [0.717, 1.165) is 22.8 Å². The fourth-order valence-corrected chi connectivity index (χ4v) is 1.37. The molecule has 0 amide bonds. The van der Waals surface area contributed by atoms with E-state index in [-0.39, 0.29) is 0 Å². The molecule has 2 aromatic heterocycles. The van der Waals surface area contributed by atoms with Gasteiger partial charge in [0.2, 0.25) is 0 Å². The molecule has 2 rings (SSSR count). The highest BCUT2D eigenvalue weighted by molar-refractivity contribution is 5.54. The van der Waals surface area contributed by atoms with Crippen LogP contribution in [-0.4, -0.2) is 19.6 Å². The summed E-state index contributed by atoms with van der Waals surface area (Å²) in [5.41, 5.74) is 4.16. The Bertz CT molecular complexity index is 381. The first-order chi connectivity index (χ1) is 6.58. The summed E-state index contributed by atoms with van der Waals surface area (Å²) in [5.74, 6) is 0. The maximum Gasteiger partial charge on any atom is 0.113 e. The molecular weight excluding hydrogens is 176 g/mol. The van der Waals surface area contributed by atoms with E-state index >= 15 is 0 Å². The number of hydrogen-bond donors (Lipinski definition) is 0. The minimum atomic E-state index is 0.939. The first-order valence-corrected chi connectivity index (χ1v) is 4.59. The molecule has 0 fully saturated rings. The van der Waals surface area contributed by atoms with Gasteiger partial charge in [0.25, 0.3) is 0 Å². The van der Waals surface area contributed by atoms with Crippen molar-refractivity contribution < 1.29 is 0 Å². The van der Waals surface area contributed by atoms with E-state index in [2.05, 4.69) is 10.2 Å². The van der Waals surface area contributed by atoms with Crippen LogP contribution >= 0.6 is 0 Å². The lowest BCUT2D eigenvalue weighted by atomic mass is 10.3. The molecule has 0 spiro atoms. The van der Waals surface area contributed by atoms with Crippen LogP contribution in [0.3, 0.4) is 0 Å². The second kappa shape index (κ2) is 2.97. The fraction of sp³-hybridized carbons (Fsp3) is 0.400. The van der Waals surface area contributed by atoms with Gasteiger partial charge in [0.15, 0.2) is 0 Å². The third-order valence-corrected chi connectivity index (χ3v) is 2.49. The average Bonchev–Trinajstić information content (AvgIpc) is 2.60. The van der Waals surface area contributed by atoms with Crippen LogP contribution in [0.15, 0.2) is 12.1 Å². The molecule has 0 aliphatic heterocycles. The Morgan fingerprint density at radius 2 is 1.21 bits per heavy atom. The Balaban J connectivity index is 2.49. The Labute approximate surface area is 83.2 Å². The summed E-state index contributed by atoms with van der Waals surface area (Å²) in [4.78, 5) is 0. The molecule has 0 aromatic carbocycles. The maximum atomic E-state index is 4.38. The van der Waals surface area contributed by atoms with E-state index < -0.39 is 0 Å². The zero-order valence-corrected chi connectivity index (χ0v) is 8.94. The van der Waals surface area contributed by atoms with E-state index in [1.54, 1.807) is 0 Å². The van der Waals surface area contributed by atoms with Crippen molar-refractivity contribution in [2.24, 2.45) is 14.1 Å². The quantitative estimate of drug-likeness (QED) is 0.682. The highest BCUT2D eigenvalue weighted by Crippen LogP contribution is 2.17. The Hall–Kier alpha value is -1.58. The molecule has 0 saturated heterocycles. The molecular formula is C10H14N4. The molecule has 2 heterocycles. The number of aromatic nitrogens is 4. The molecule has 14 heavy (non-hydrogen) atoms. The average molecular weight is 190 g/mol. The first kappa shape index (κ1) is 8.99. The summed E-state index contributed by atoms with van der Waals surface area (Å²) < 4.78 is 3.72. The fourth-order valence-electron chi connectivity index (χ4n) is 1.37. The van der Waals surface area contributed by atoms with Crippen LogP contribution in [0.4, 0.5) is 0 Å². The van der Waals surface area contributed by atoms with Gasteiger partial charge in [0, 0.05) is 25.5 Å². The normalized spacial score (nSPS) is 10.9. The molecule has 74 valence electrons. The van der Waals surface area contributed by atoms with E-state index in [1.165, 1.54) is 0 Å². The minimum Gasteiger partial charge on any atom is -0.272 e. The van der Waals surface area contributed by atoms with E-state index in [9.17, 15) is 0 Å². The molecule has 4 heteroatoms. The zero-order valence-electron chi connectivity index (χ0n) is 8.94. The number of rotatable bonds is 1. The first-order valence-electron chi connectivity index (χ1n) is 4.59. The summed E-state index contributed by atoms with van der Waals surface area (Å²) in [5, 5.41) is 8.75. The molecule has 0 radical (unpaired) electrons. The van der Waals surface area contributed by atoms with Crippen molar-refractivity contribution in [3.63, 3.8) is 0 Å². The van der Waals surface area contributed by atoms with E-state index in [4.69, 9.17) is 0 Å². The molecule has 0 aliphatic carbocycles. The lowest BCUT2D eigenvalue weighted by Crippen LogP contribution is -1.93. The standard InChI is InChI=1S/C10H14N4/c1-7-5-9(11-13(7)3)10-6-8(2)14(4)12-10/h5-6H,1-4H3. The van der Waals surface area contributed by atoms with Gasteiger partial charge in [-0.1, -0.05) is 0 Å². The molecule has 0 aliphatic rings. The van der Waals surface area contributed by atoms with E-state index in [1.807, 2.05) is 49.4 Å². The molecule has 0 N–H and O–H groups in total. The summed E-state index contributed by atoms with van der Waals surface area (Å²) in [7, 11) is 3.88.